The van der Waals surface area contributed by atoms with Gasteiger partial charge in [0.05, 0.1) is 0 Å². The van der Waals surface area contributed by atoms with Gasteiger partial charge in [-0.15, -0.1) is 0 Å². The summed E-state index contributed by atoms with van der Waals surface area (Å²) < 4.78 is 11.9. The van der Waals surface area contributed by atoms with Crippen molar-refractivity contribution in [3.8, 4) is 5.75 Å². The molecule has 0 spiro atoms. The molecule has 1 aromatic carbocycles. The second-order valence-electron chi connectivity index (χ2n) is 9.71. The molecule has 1 fully saturated rings. The molecule has 0 bridgehead atoms. The van der Waals surface area contributed by atoms with Crippen molar-refractivity contribution in [2.45, 2.75) is 66.4 Å². The van der Waals surface area contributed by atoms with Gasteiger partial charge in [-0.25, -0.2) is 0 Å². The zero-order chi connectivity index (χ0) is 22.1. The number of piperidine rings is 1. The van der Waals surface area contributed by atoms with Crippen molar-refractivity contribution >= 4 is 11.6 Å². The van der Waals surface area contributed by atoms with Crippen molar-refractivity contribution in [3.63, 3.8) is 0 Å². The molecule has 1 heterocycles. The minimum absolute atomic E-state index is 0.0911. The van der Waals surface area contributed by atoms with E-state index in [0.29, 0.717) is 25.6 Å². The number of ether oxygens (including phenoxy) is 2. The smallest absolute Gasteiger partial charge is 0.256 e. The molecule has 30 heavy (non-hydrogen) atoms. The molecule has 1 aliphatic heterocycles. The average molecular weight is 419 g/mol. The summed E-state index contributed by atoms with van der Waals surface area (Å²) in [6.45, 7) is 17.4. The number of rotatable bonds is 11. The Balaban J connectivity index is 1.84. The Labute approximate surface area is 183 Å². The number of likely N-dealkylation sites (tertiary alicyclic amines) is 1. The van der Waals surface area contributed by atoms with Crippen molar-refractivity contribution < 1.29 is 14.3 Å². The number of carbonyl (C=O) groups excluding carboxylic acids is 1. The summed E-state index contributed by atoms with van der Waals surface area (Å²) in [4.78, 5) is 15.4. The highest BCUT2D eigenvalue weighted by molar-refractivity contribution is 5.97. The first-order valence-electron chi connectivity index (χ1n) is 11.6. The molecule has 2 rings (SSSR count). The molecule has 0 aliphatic carbocycles. The van der Waals surface area contributed by atoms with Crippen LogP contribution in [0.15, 0.2) is 24.3 Å². The maximum Gasteiger partial charge on any atom is 0.256 e. The first-order valence-corrected chi connectivity index (χ1v) is 11.6. The zero-order valence-corrected chi connectivity index (χ0v) is 19.9. The highest BCUT2D eigenvalue weighted by atomic mass is 16.5. The van der Waals surface area contributed by atoms with Gasteiger partial charge in [0.25, 0.3) is 5.91 Å². The van der Waals surface area contributed by atoms with E-state index in [-0.39, 0.29) is 5.91 Å². The van der Waals surface area contributed by atoms with E-state index in [4.69, 9.17) is 9.47 Å². The van der Waals surface area contributed by atoms with Crippen LogP contribution in [0, 0.1) is 17.8 Å². The summed E-state index contributed by atoms with van der Waals surface area (Å²) in [5.41, 5.74) is -0.0525. The molecule has 0 aromatic heterocycles. The molecule has 5 heteroatoms. The van der Waals surface area contributed by atoms with Crippen LogP contribution in [0.1, 0.15) is 60.8 Å². The van der Waals surface area contributed by atoms with Crippen LogP contribution in [0.3, 0.4) is 0 Å². The fraction of sp³-hybridized carbons (Fsp3) is 0.720. The lowest BCUT2D eigenvalue weighted by atomic mass is 9.92. The Kier molecular flexibility index (Phi) is 9.63. The van der Waals surface area contributed by atoms with Crippen LogP contribution >= 0.6 is 0 Å². The van der Waals surface area contributed by atoms with Crippen LogP contribution in [-0.2, 0) is 9.53 Å². The lowest BCUT2D eigenvalue weighted by Gasteiger charge is -2.34. The van der Waals surface area contributed by atoms with Crippen LogP contribution < -0.4 is 10.1 Å². The van der Waals surface area contributed by atoms with E-state index in [1.54, 1.807) is 0 Å². The lowest BCUT2D eigenvalue weighted by Crippen LogP contribution is -2.44. The molecule has 1 saturated heterocycles. The second kappa shape index (κ2) is 11.7. The van der Waals surface area contributed by atoms with E-state index in [9.17, 15) is 4.79 Å². The summed E-state index contributed by atoms with van der Waals surface area (Å²) in [5, 5.41) is 3.01. The largest absolute Gasteiger partial charge is 0.492 e. The Hall–Kier alpha value is -1.59. The van der Waals surface area contributed by atoms with Gasteiger partial charge in [0.1, 0.15) is 18.0 Å². The van der Waals surface area contributed by atoms with Gasteiger partial charge in [0, 0.05) is 31.9 Å². The van der Waals surface area contributed by atoms with Gasteiger partial charge in [0.15, 0.2) is 0 Å². The maximum atomic E-state index is 12.9. The predicted octanol–water partition coefficient (Wildman–Crippen LogP) is 5.21. The molecule has 0 radical (unpaired) electrons. The molecule has 5 nitrogen and oxygen atoms in total. The minimum Gasteiger partial charge on any atom is -0.492 e. The van der Waals surface area contributed by atoms with E-state index in [1.807, 2.05) is 31.2 Å². The van der Waals surface area contributed by atoms with E-state index in [2.05, 4.69) is 44.8 Å². The minimum atomic E-state index is -0.817. The number of carbonyl (C=O) groups is 1. The fourth-order valence-corrected chi connectivity index (χ4v) is 4.49. The normalized spacial score (nSPS) is 22.0. The molecule has 1 amide bonds. The SMILES string of the molecule is CCCO[C@@](C)(CC(C)C)C(=O)Nc1ccc(OCCN2C[C@H](C)C[C@H](C)C2)cc1. The van der Waals surface area contributed by atoms with Gasteiger partial charge in [0.2, 0.25) is 0 Å². The lowest BCUT2D eigenvalue weighted by molar-refractivity contribution is -0.141. The van der Waals surface area contributed by atoms with E-state index < -0.39 is 5.60 Å². The van der Waals surface area contributed by atoms with Gasteiger partial charge < -0.3 is 14.8 Å². The van der Waals surface area contributed by atoms with Gasteiger partial charge >= 0.3 is 0 Å². The molecule has 1 N–H and O–H groups in total. The Bertz CT molecular complexity index is 636. The molecule has 1 aromatic rings. The molecule has 1 aliphatic rings. The van der Waals surface area contributed by atoms with Crippen LogP contribution in [0.4, 0.5) is 5.69 Å². The average Bonchev–Trinajstić information content (AvgIpc) is 2.66. The van der Waals surface area contributed by atoms with Crippen molar-refractivity contribution in [2.75, 3.05) is 38.2 Å². The molecule has 0 saturated carbocycles. The van der Waals surface area contributed by atoms with Gasteiger partial charge in [-0.2, -0.15) is 0 Å². The molecule has 0 unspecified atom stereocenters. The summed E-state index contributed by atoms with van der Waals surface area (Å²) in [5.74, 6) is 2.64. The fourth-order valence-electron chi connectivity index (χ4n) is 4.49. The van der Waals surface area contributed by atoms with E-state index in [0.717, 1.165) is 49.3 Å². The summed E-state index contributed by atoms with van der Waals surface area (Å²) in [7, 11) is 0. The monoisotopic (exact) mass is 418 g/mol. The Morgan fingerprint density at radius 1 is 1.17 bits per heavy atom. The first kappa shape index (κ1) is 24.7. The topological polar surface area (TPSA) is 50.8 Å². The van der Waals surface area contributed by atoms with Crippen molar-refractivity contribution in [1.82, 2.24) is 4.90 Å². The van der Waals surface area contributed by atoms with Crippen LogP contribution in [-0.4, -0.2) is 49.3 Å². The third kappa shape index (κ3) is 7.92. The quantitative estimate of drug-likeness (QED) is 0.536. The number of hydrogen-bond donors (Lipinski definition) is 1. The number of benzene rings is 1. The highest BCUT2D eigenvalue weighted by Crippen LogP contribution is 2.25. The predicted molar refractivity (Wildman–Crippen MR) is 124 cm³/mol. The van der Waals surface area contributed by atoms with Gasteiger partial charge in [-0.3, -0.25) is 9.69 Å². The number of hydrogen-bond acceptors (Lipinski definition) is 4. The molecule has 170 valence electrons. The van der Waals surface area contributed by atoms with Crippen LogP contribution in [0.25, 0.3) is 0 Å². The van der Waals surface area contributed by atoms with E-state index >= 15 is 0 Å². The summed E-state index contributed by atoms with van der Waals surface area (Å²) >= 11 is 0. The van der Waals surface area contributed by atoms with Crippen LogP contribution in [0.5, 0.6) is 5.75 Å². The molecular formula is C25H42N2O3. The second-order valence-corrected chi connectivity index (χ2v) is 9.71. The Morgan fingerprint density at radius 2 is 1.80 bits per heavy atom. The standard InChI is InChI=1S/C25H42N2O3/c1-7-13-30-25(6,16-19(2)3)24(28)26-22-8-10-23(11-9-22)29-14-12-27-17-20(4)15-21(5)18-27/h8-11,19-21H,7,12-18H2,1-6H3,(H,26,28)/t20-,21+,25-/m0/s1. The maximum absolute atomic E-state index is 12.9. The summed E-state index contributed by atoms with van der Waals surface area (Å²) in [6, 6.07) is 7.63. The van der Waals surface area contributed by atoms with Crippen molar-refractivity contribution in [3.05, 3.63) is 24.3 Å². The zero-order valence-electron chi connectivity index (χ0n) is 19.9. The number of nitrogens with one attached hydrogen (secondary N) is 1. The van der Waals surface area contributed by atoms with Crippen molar-refractivity contribution in [2.24, 2.45) is 17.8 Å². The van der Waals surface area contributed by atoms with Crippen molar-refractivity contribution in [1.29, 1.82) is 0 Å². The first-order chi connectivity index (χ1) is 14.2. The third-order valence-electron chi connectivity index (χ3n) is 5.64. The number of anilines is 1. The third-order valence-corrected chi connectivity index (χ3v) is 5.64. The van der Waals surface area contributed by atoms with Gasteiger partial charge in [-0.1, -0.05) is 34.6 Å². The highest BCUT2D eigenvalue weighted by Gasteiger charge is 2.35. The van der Waals surface area contributed by atoms with Crippen LogP contribution in [0.2, 0.25) is 0 Å². The Morgan fingerprint density at radius 3 is 2.37 bits per heavy atom. The molecule has 3 atom stereocenters. The van der Waals surface area contributed by atoms with E-state index in [1.165, 1.54) is 6.42 Å². The summed E-state index contributed by atoms with van der Waals surface area (Å²) in [6.07, 6.45) is 2.90. The van der Waals surface area contributed by atoms with Gasteiger partial charge in [-0.05, 0) is 68.2 Å². The molecular weight excluding hydrogens is 376 g/mol. The number of nitrogens with zero attached hydrogens (tertiary/aromatic N) is 1. The number of amides is 1.